The molecular weight excluding hydrogens is 310 g/mol. The Labute approximate surface area is 140 Å². The first-order valence-corrected chi connectivity index (χ1v) is 7.79. The molecule has 0 saturated carbocycles. The second-order valence-corrected chi connectivity index (χ2v) is 5.75. The number of nitrogens with one attached hydrogen (secondary N) is 1. The van der Waals surface area contributed by atoms with Crippen molar-refractivity contribution < 1.29 is 19.8 Å². The number of nitrogens with two attached hydrogens (primary N) is 2. The lowest BCUT2D eigenvalue weighted by Crippen LogP contribution is -2.32. The lowest BCUT2D eigenvalue weighted by atomic mass is 10.0. The van der Waals surface area contributed by atoms with Crippen LogP contribution in [0.15, 0.2) is 24.4 Å². The molecule has 2 aromatic rings. The molecule has 1 aromatic carbocycles. The largest absolute Gasteiger partial charge is 0.480 e. The predicted octanol–water partition coefficient (Wildman–Crippen LogP) is 1.63. The van der Waals surface area contributed by atoms with E-state index in [4.69, 9.17) is 21.7 Å². The number of rotatable bonds is 6. The molecule has 7 N–H and O–H groups in total. The van der Waals surface area contributed by atoms with Gasteiger partial charge in [0.05, 0.1) is 0 Å². The number of aliphatic carboxylic acids is 2. The second-order valence-electron chi connectivity index (χ2n) is 5.75. The molecule has 2 atom stereocenters. The van der Waals surface area contributed by atoms with E-state index in [0.717, 1.165) is 28.5 Å². The number of hydrogen-bond donors (Lipinski definition) is 5. The molecule has 24 heavy (non-hydrogen) atoms. The SMILES string of the molecule is CCCC(N)C(=O)O.Cc1ccc2[nH]cc(CC(N)C(=O)O)c2c1. The highest BCUT2D eigenvalue weighted by Crippen LogP contribution is 2.20. The quantitative estimate of drug-likeness (QED) is 0.543. The fourth-order valence-corrected chi connectivity index (χ4v) is 2.22. The Balaban J connectivity index is 0.000000307. The molecule has 0 aliphatic heterocycles. The summed E-state index contributed by atoms with van der Waals surface area (Å²) >= 11 is 0. The van der Waals surface area contributed by atoms with E-state index in [1.165, 1.54) is 0 Å². The molecule has 0 fully saturated rings. The van der Waals surface area contributed by atoms with Crippen molar-refractivity contribution in [3.8, 4) is 0 Å². The van der Waals surface area contributed by atoms with E-state index in [2.05, 4.69) is 4.98 Å². The number of H-pyrrole nitrogens is 1. The van der Waals surface area contributed by atoms with Crippen LogP contribution in [0, 0.1) is 6.92 Å². The molecule has 0 spiro atoms. The van der Waals surface area contributed by atoms with Crippen molar-refractivity contribution in [3.63, 3.8) is 0 Å². The van der Waals surface area contributed by atoms with Gasteiger partial charge in [-0.3, -0.25) is 9.59 Å². The molecule has 132 valence electrons. The number of fused-ring (bicyclic) bond motifs is 1. The van der Waals surface area contributed by atoms with Crippen LogP contribution in [0.1, 0.15) is 30.9 Å². The molecule has 0 aliphatic rings. The summed E-state index contributed by atoms with van der Waals surface area (Å²) < 4.78 is 0. The fourth-order valence-electron chi connectivity index (χ4n) is 2.22. The van der Waals surface area contributed by atoms with E-state index in [-0.39, 0.29) is 0 Å². The van der Waals surface area contributed by atoms with Gasteiger partial charge in [-0.05, 0) is 31.0 Å². The van der Waals surface area contributed by atoms with Crippen molar-refractivity contribution in [1.29, 1.82) is 0 Å². The number of aromatic amines is 1. The van der Waals surface area contributed by atoms with Gasteiger partial charge < -0.3 is 26.7 Å². The van der Waals surface area contributed by atoms with E-state index < -0.39 is 24.0 Å². The Hall–Kier alpha value is -2.38. The number of aromatic nitrogens is 1. The van der Waals surface area contributed by atoms with Crippen LogP contribution in [-0.4, -0.2) is 39.2 Å². The monoisotopic (exact) mass is 335 g/mol. The van der Waals surface area contributed by atoms with Gasteiger partial charge in [0.15, 0.2) is 0 Å². The highest BCUT2D eigenvalue weighted by molar-refractivity contribution is 5.85. The maximum absolute atomic E-state index is 10.7. The lowest BCUT2D eigenvalue weighted by Gasteiger charge is -2.05. The minimum Gasteiger partial charge on any atom is -0.480 e. The number of benzene rings is 1. The Morgan fingerprint density at radius 3 is 2.29 bits per heavy atom. The van der Waals surface area contributed by atoms with Crippen LogP contribution in [0.2, 0.25) is 0 Å². The van der Waals surface area contributed by atoms with Gasteiger partial charge in [-0.1, -0.05) is 25.0 Å². The van der Waals surface area contributed by atoms with Gasteiger partial charge in [0.25, 0.3) is 0 Å². The molecule has 7 nitrogen and oxygen atoms in total. The molecule has 0 aliphatic carbocycles. The smallest absolute Gasteiger partial charge is 0.320 e. The van der Waals surface area contributed by atoms with Crippen molar-refractivity contribution in [1.82, 2.24) is 4.98 Å². The fraction of sp³-hybridized carbons (Fsp3) is 0.412. The first kappa shape index (κ1) is 19.7. The number of hydrogen-bond acceptors (Lipinski definition) is 4. The van der Waals surface area contributed by atoms with Gasteiger partial charge in [-0.15, -0.1) is 0 Å². The van der Waals surface area contributed by atoms with Crippen LogP contribution in [0.3, 0.4) is 0 Å². The van der Waals surface area contributed by atoms with Crippen molar-refractivity contribution in [2.24, 2.45) is 11.5 Å². The van der Waals surface area contributed by atoms with Crippen molar-refractivity contribution in [3.05, 3.63) is 35.5 Å². The average molecular weight is 335 g/mol. The number of carboxylic acids is 2. The molecule has 2 rings (SSSR count). The number of aryl methyl sites for hydroxylation is 1. The molecule has 7 heteroatoms. The zero-order valence-corrected chi connectivity index (χ0v) is 14.0. The summed E-state index contributed by atoms with van der Waals surface area (Å²) in [6.45, 7) is 3.91. The van der Waals surface area contributed by atoms with Gasteiger partial charge in [0.1, 0.15) is 12.1 Å². The summed E-state index contributed by atoms with van der Waals surface area (Å²) in [5.41, 5.74) is 13.8. The summed E-state index contributed by atoms with van der Waals surface area (Å²) in [5, 5.41) is 18.0. The summed E-state index contributed by atoms with van der Waals surface area (Å²) in [6.07, 6.45) is 3.56. The van der Waals surface area contributed by atoms with Gasteiger partial charge in [0, 0.05) is 23.5 Å². The first-order chi connectivity index (χ1) is 11.3. The van der Waals surface area contributed by atoms with Crippen LogP contribution >= 0.6 is 0 Å². The Morgan fingerprint density at radius 1 is 1.17 bits per heavy atom. The molecule has 0 amide bonds. The van der Waals surface area contributed by atoms with E-state index in [0.29, 0.717) is 12.8 Å². The van der Waals surface area contributed by atoms with Crippen molar-refractivity contribution >= 4 is 22.8 Å². The summed E-state index contributed by atoms with van der Waals surface area (Å²) in [4.78, 5) is 23.8. The zero-order valence-electron chi connectivity index (χ0n) is 14.0. The van der Waals surface area contributed by atoms with Gasteiger partial charge >= 0.3 is 11.9 Å². The van der Waals surface area contributed by atoms with Crippen LogP contribution in [0.4, 0.5) is 0 Å². The van der Waals surface area contributed by atoms with E-state index in [1.54, 1.807) is 0 Å². The van der Waals surface area contributed by atoms with E-state index >= 15 is 0 Å². The van der Waals surface area contributed by atoms with E-state index in [1.807, 2.05) is 38.2 Å². The molecule has 1 heterocycles. The molecule has 2 unspecified atom stereocenters. The van der Waals surface area contributed by atoms with Gasteiger partial charge in [-0.2, -0.15) is 0 Å². The maximum atomic E-state index is 10.7. The van der Waals surface area contributed by atoms with Crippen LogP contribution < -0.4 is 11.5 Å². The van der Waals surface area contributed by atoms with Crippen LogP contribution in [0.5, 0.6) is 0 Å². The Morgan fingerprint density at radius 2 is 1.79 bits per heavy atom. The summed E-state index contributed by atoms with van der Waals surface area (Å²) in [6, 6.07) is 4.52. The molecular formula is C17H25N3O4. The van der Waals surface area contributed by atoms with Crippen molar-refractivity contribution in [2.75, 3.05) is 0 Å². The Bertz CT molecular complexity index is 696. The maximum Gasteiger partial charge on any atom is 0.320 e. The van der Waals surface area contributed by atoms with Crippen molar-refractivity contribution in [2.45, 2.75) is 45.2 Å². The lowest BCUT2D eigenvalue weighted by molar-refractivity contribution is -0.139. The summed E-state index contributed by atoms with van der Waals surface area (Å²) in [5.74, 6) is -1.88. The first-order valence-electron chi connectivity index (χ1n) is 7.79. The third-order valence-corrected chi connectivity index (χ3v) is 3.60. The molecule has 0 radical (unpaired) electrons. The van der Waals surface area contributed by atoms with Crippen LogP contribution in [-0.2, 0) is 16.0 Å². The molecule has 1 aromatic heterocycles. The predicted molar refractivity (Wildman–Crippen MR) is 92.9 cm³/mol. The number of carboxylic acid groups (broad SMARTS) is 2. The highest BCUT2D eigenvalue weighted by Gasteiger charge is 2.14. The minimum atomic E-state index is -0.970. The highest BCUT2D eigenvalue weighted by atomic mass is 16.4. The molecule has 0 bridgehead atoms. The normalized spacial score (nSPS) is 13.0. The van der Waals surface area contributed by atoms with Crippen LogP contribution in [0.25, 0.3) is 10.9 Å². The topological polar surface area (TPSA) is 142 Å². The van der Waals surface area contributed by atoms with E-state index in [9.17, 15) is 9.59 Å². The van der Waals surface area contributed by atoms with Gasteiger partial charge in [-0.25, -0.2) is 0 Å². The van der Waals surface area contributed by atoms with Gasteiger partial charge in [0.2, 0.25) is 0 Å². The summed E-state index contributed by atoms with van der Waals surface area (Å²) in [7, 11) is 0. The zero-order chi connectivity index (χ0) is 18.3. The minimum absolute atomic E-state index is 0.346. The standard InChI is InChI=1S/C12H14N2O2.C5H11NO2/c1-7-2-3-11-9(4-7)8(6-14-11)5-10(13)12(15)16;1-2-3-4(6)5(7)8/h2-4,6,10,14H,5,13H2,1H3,(H,15,16);4H,2-3,6H2,1H3,(H,7,8). The third kappa shape index (κ3) is 5.68. The Kier molecular flexibility index (Phi) is 7.41. The number of carbonyl (C=O) groups is 2. The third-order valence-electron chi connectivity index (χ3n) is 3.60. The molecule has 0 saturated heterocycles. The second kappa shape index (κ2) is 9.05. The average Bonchev–Trinajstić information content (AvgIpc) is 2.90.